The number of aryl methyl sites for hydroxylation is 3. The van der Waals surface area contributed by atoms with Crippen LogP contribution in [0.3, 0.4) is 0 Å². The van der Waals surface area contributed by atoms with Crippen molar-refractivity contribution >= 4 is 5.69 Å². The van der Waals surface area contributed by atoms with Crippen LogP contribution in [0.25, 0.3) is 0 Å². The molecule has 0 fully saturated rings. The second-order valence-corrected chi connectivity index (χ2v) is 4.59. The third-order valence-electron chi connectivity index (χ3n) is 2.97. The molecule has 4 heteroatoms. The van der Waals surface area contributed by atoms with E-state index in [0.29, 0.717) is 0 Å². The molecular weight excluding hydrogens is 226 g/mol. The maximum Gasteiger partial charge on any atom is 0.0778 e. The van der Waals surface area contributed by atoms with Gasteiger partial charge in [0.15, 0.2) is 0 Å². The van der Waals surface area contributed by atoms with Crippen molar-refractivity contribution in [2.45, 2.75) is 19.9 Å². The summed E-state index contributed by atoms with van der Waals surface area (Å²) < 4.78 is 1.77. The third kappa shape index (κ3) is 2.71. The Kier molecular flexibility index (Phi) is 3.67. The lowest BCUT2D eigenvalue weighted by Gasteiger charge is -2.17. The Labute approximate surface area is 107 Å². The predicted octanol–water partition coefficient (Wildman–Crippen LogP) is 2.18. The minimum atomic E-state index is -0.125. The van der Waals surface area contributed by atoms with Gasteiger partial charge in [-0.1, -0.05) is 12.1 Å². The van der Waals surface area contributed by atoms with Crippen LogP contribution in [0.5, 0.6) is 0 Å². The van der Waals surface area contributed by atoms with Gasteiger partial charge in [-0.3, -0.25) is 4.68 Å². The molecule has 0 aliphatic carbocycles. The van der Waals surface area contributed by atoms with E-state index in [4.69, 9.17) is 0 Å². The van der Waals surface area contributed by atoms with Crippen molar-refractivity contribution in [1.82, 2.24) is 9.78 Å². The van der Waals surface area contributed by atoms with Crippen molar-refractivity contribution in [1.29, 1.82) is 0 Å². The standard InChI is InChI=1S/C14H19N3O/c1-10-5-4-6-12(7-10)15-14(9-18)13-8-17(3)16-11(13)2/h4-8,14-15,18H,9H2,1-3H3. The molecule has 1 heterocycles. The number of benzene rings is 1. The van der Waals surface area contributed by atoms with Crippen LogP contribution < -0.4 is 5.32 Å². The third-order valence-corrected chi connectivity index (χ3v) is 2.97. The smallest absolute Gasteiger partial charge is 0.0778 e. The van der Waals surface area contributed by atoms with Crippen LogP contribution >= 0.6 is 0 Å². The lowest BCUT2D eigenvalue weighted by molar-refractivity contribution is 0.276. The number of aromatic nitrogens is 2. The van der Waals surface area contributed by atoms with Crippen LogP contribution in [0, 0.1) is 13.8 Å². The molecule has 2 rings (SSSR count). The molecule has 1 atom stereocenters. The Hall–Kier alpha value is -1.81. The van der Waals surface area contributed by atoms with E-state index in [9.17, 15) is 5.11 Å². The lowest BCUT2D eigenvalue weighted by atomic mass is 10.1. The molecule has 4 nitrogen and oxygen atoms in total. The highest BCUT2D eigenvalue weighted by molar-refractivity contribution is 5.47. The molecule has 1 unspecified atom stereocenters. The molecule has 0 amide bonds. The summed E-state index contributed by atoms with van der Waals surface area (Å²) in [6.07, 6.45) is 1.94. The highest BCUT2D eigenvalue weighted by Gasteiger charge is 2.15. The molecule has 1 aromatic heterocycles. The first kappa shape index (κ1) is 12.6. The zero-order valence-corrected chi connectivity index (χ0v) is 11.0. The number of hydrogen-bond acceptors (Lipinski definition) is 3. The highest BCUT2D eigenvalue weighted by atomic mass is 16.3. The first-order valence-electron chi connectivity index (χ1n) is 6.04. The molecule has 18 heavy (non-hydrogen) atoms. The molecule has 1 aromatic carbocycles. The Morgan fingerprint density at radius 2 is 2.17 bits per heavy atom. The summed E-state index contributed by atoms with van der Waals surface area (Å²) >= 11 is 0. The van der Waals surface area contributed by atoms with Gasteiger partial charge >= 0.3 is 0 Å². The number of nitrogens with zero attached hydrogens (tertiary/aromatic N) is 2. The molecule has 96 valence electrons. The molecule has 0 bridgehead atoms. The summed E-state index contributed by atoms with van der Waals surface area (Å²) in [5.74, 6) is 0. The highest BCUT2D eigenvalue weighted by Crippen LogP contribution is 2.21. The number of aliphatic hydroxyl groups is 1. The summed E-state index contributed by atoms with van der Waals surface area (Å²) in [7, 11) is 1.89. The Bertz CT molecular complexity index is 534. The van der Waals surface area contributed by atoms with Gasteiger partial charge in [0.1, 0.15) is 0 Å². The molecule has 0 aliphatic heterocycles. The van der Waals surface area contributed by atoms with E-state index in [2.05, 4.69) is 29.5 Å². The Morgan fingerprint density at radius 3 is 2.72 bits per heavy atom. The minimum absolute atomic E-state index is 0.0421. The molecule has 0 spiro atoms. The average molecular weight is 245 g/mol. The van der Waals surface area contributed by atoms with Gasteiger partial charge in [-0.25, -0.2) is 0 Å². The fraction of sp³-hybridized carbons (Fsp3) is 0.357. The first-order chi connectivity index (χ1) is 8.60. The van der Waals surface area contributed by atoms with Crippen molar-refractivity contribution < 1.29 is 5.11 Å². The number of rotatable bonds is 4. The van der Waals surface area contributed by atoms with Crippen molar-refractivity contribution in [3.63, 3.8) is 0 Å². The second kappa shape index (κ2) is 5.23. The van der Waals surface area contributed by atoms with Crippen LogP contribution in [0.15, 0.2) is 30.5 Å². The van der Waals surface area contributed by atoms with Crippen molar-refractivity contribution in [2.24, 2.45) is 7.05 Å². The molecule has 2 N–H and O–H groups in total. The van der Waals surface area contributed by atoms with Gasteiger partial charge in [0.05, 0.1) is 18.3 Å². The van der Waals surface area contributed by atoms with E-state index in [-0.39, 0.29) is 12.6 Å². The first-order valence-corrected chi connectivity index (χ1v) is 6.04. The zero-order valence-electron chi connectivity index (χ0n) is 11.0. The second-order valence-electron chi connectivity index (χ2n) is 4.59. The SMILES string of the molecule is Cc1cccc(NC(CO)c2cn(C)nc2C)c1. The molecule has 0 saturated heterocycles. The quantitative estimate of drug-likeness (QED) is 0.868. The predicted molar refractivity (Wildman–Crippen MR) is 72.6 cm³/mol. The Morgan fingerprint density at radius 1 is 1.39 bits per heavy atom. The summed E-state index contributed by atoms with van der Waals surface area (Å²) in [6.45, 7) is 4.05. The normalized spacial score (nSPS) is 12.4. The van der Waals surface area contributed by atoms with Gasteiger partial charge < -0.3 is 10.4 Å². The lowest BCUT2D eigenvalue weighted by Crippen LogP contribution is -2.15. The summed E-state index contributed by atoms with van der Waals surface area (Å²) in [6, 6.07) is 7.99. The van der Waals surface area contributed by atoms with Gasteiger partial charge in [0, 0.05) is 24.5 Å². The fourth-order valence-corrected chi connectivity index (χ4v) is 2.12. The average Bonchev–Trinajstić information content (AvgIpc) is 2.65. The van der Waals surface area contributed by atoms with E-state index >= 15 is 0 Å². The summed E-state index contributed by atoms with van der Waals surface area (Å²) in [5, 5.41) is 17.2. The molecule has 2 aromatic rings. The number of anilines is 1. The summed E-state index contributed by atoms with van der Waals surface area (Å²) in [4.78, 5) is 0. The Balaban J connectivity index is 2.22. The van der Waals surface area contributed by atoms with E-state index < -0.39 is 0 Å². The molecule has 0 radical (unpaired) electrons. The maximum atomic E-state index is 9.54. The topological polar surface area (TPSA) is 50.1 Å². The largest absolute Gasteiger partial charge is 0.394 e. The van der Waals surface area contributed by atoms with Gasteiger partial charge in [-0.05, 0) is 31.5 Å². The van der Waals surface area contributed by atoms with Crippen LogP contribution in [-0.4, -0.2) is 21.5 Å². The van der Waals surface area contributed by atoms with E-state index in [1.54, 1.807) is 4.68 Å². The fourth-order valence-electron chi connectivity index (χ4n) is 2.12. The van der Waals surface area contributed by atoms with Gasteiger partial charge in [-0.15, -0.1) is 0 Å². The van der Waals surface area contributed by atoms with Crippen LogP contribution in [0.1, 0.15) is 22.9 Å². The minimum Gasteiger partial charge on any atom is -0.394 e. The molecular formula is C14H19N3O. The number of aliphatic hydroxyl groups excluding tert-OH is 1. The molecule has 0 saturated carbocycles. The van der Waals surface area contributed by atoms with E-state index in [0.717, 1.165) is 16.9 Å². The van der Waals surface area contributed by atoms with Crippen LogP contribution in [0.4, 0.5) is 5.69 Å². The van der Waals surface area contributed by atoms with E-state index in [1.807, 2.05) is 32.3 Å². The van der Waals surface area contributed by atoms with Crippen LogP contribution in [-0.2, 0) is 7.05 Å². The van der Waals surface area contributed by atoms with Crippen LogP contribution in [0.2, 0.25) is 0 Å². The number of hydrogen-bond donors (Lipinski definition) is 2. The monoisotopic (exact) mass is 245 g/mol. The van der Waals surface area contributed by atoms with Gasteiger partial charge in [0.2, 0.25) is 0 Å². The van der Waals surface area contributed by atoms with Crippen molar-refractivity contribution in [3.05, 3.63) is 47.3 Å². The van der Waals surface area contributed by atoms with Crippen molar-refractivity contribution in [2.75, 3.05) is 11.9 Å². The number of nitrogens with one attached hydrogen (secondary N) is 1. The summed E-state index contributed by atoms with van der Waals surface area (Å²) in [5.41, 5.74) is 4.18. The maximum absolute atomic E-state index is 9.54. The van der Waals surface area contributed by atoms with Gasteiger partial charge in [0.25, 0.3) is 0 Å². The van der Waals surface area contributed by atoms with Gasteiger partial charge in [-0.2, -0.15) is 5.10 Å². The van der Waals surface area contributed by atoms with E-state index in [1.165, 1.54) is 5.56 Å². The molecule has 0 aliphatic rings. The van der Waals surface area contributed by atoms with Crippen molar-refractivity contribution in [3.8, 4) is 0 Å². The zero-order chi connectivity index (χ0) is 13.1.